The third-order valence-electron chi connectivity index (χ3n) is 3.61. The summed E-state index contributed by atoms with van der Waals surface area (Å²) in [5.74, 6) is 0.104. The number of anilines is 2. The number of likely N-dealkylation sites (N-methyl/N-ethyl adjacent to an activating group) is 1. The molecular formula is C16H27N3O. The van der Waals surface area contributed by atoms with Crippen molar-refractivity contribution in [3.8, 4) is 0 Å². The number of amides is 1. The first-order valence-corrected chi connectivity index (χ1v) is 7.34. The lowest BCUT2D eigenvalue weighted by Crippen LogP contribution is -2.37. The van der Waals surface area contributed by atoms with E-state index in [1.54, 1.807) is 4.90 Å². The summed E-state index contributed by atoms with van der Waals surface area (Å²) in [6, 6.07) is 8.46. The van der Waals surface area contributed by atoms with Gasteiger partial charge in [-0.25, -0.2) is 0 Å². The van der Waals surface area contributed by atoms with Gasteiger partial charge in [0.05, 0.1) is 6.54 Å². The van der Waals surface area contributed by atoms with E-state index in [9.17, 15) is 4.79 Å². The second-order valence-electron chi connectivity index (χ2n) is 5.17. The van der Waals surface area contributed by atoms with Crippen LogP contribution in [0.2, 0.25) is 0 Å². The van der Waals surface area contributed by atoms with Gasteiger partial charge in [-0.1, -0.05) is 0 Å². The topological polar surface area (TPSA) is 35.6 Å². The van der Waals surface area contributed by atoms with Crippen molar-refractivity contribution in [1.29, 1.82) is 0 Å². The van der Waals surface area contributed by atoms with Gasteiger partial charge in [0.2, 0.25) is 5.91 Å². The Balaban J connectivity index is 2.56. The molecule has 0 aromatic heterocycles. The SMILES string of the molecule is CCN(CC)c1ccc(NCC(=O)N(C)C(C)C)cc1. The minimum atomic E-state index is 0.104. The Kier molecular flexibility index (Phi) is 6.36. The van der Waals surface area contributed by atoms with E-state index in [1.165, 1.54) is 5.69 Å². The second kappa shape index (κ2) is 7.78. The highest BCUT2D eigenvalue weighted by Crippen LogP contribution is 2.17. The summed E-state index contributed by atoms with van der Waals surface area (Å²) in [7, 11) is 1.83. The first-order chi connectivity index (χ1) is 9.49. The first kappa shape index (κ1) is 16.3. The van der Waals surface area contributed by atoms with Crippen LogP contribution in [0.25, 0.3) is 0 Å². The molecular weight excluding hydrogens is 250 g/mol. The lowest BCUT2D eigenvalue weighted by atomic mass is 10.2. The van der Waals surface area contributed by atoms with Gasteiger partial charge in [-0.2, -0.15) is 0 Å². The molecule has 0 saturated carbocycles. The smallest absolute Gasteiger partial charge is 0.241 e. The molecule has 0 fully saturated rings. The molecule has 1 amide bonds. The van der Waals surface area contributed by atoms with E-state index in [1.807, 2.05) is 33.0 Å². The Hall–Kier alpha value is -1.71. The van der Waals surface area contributed by atoms with Crippen molar-refractivity contribution in [3.63, 3.8) is 0 Å². The van der Waals surface area contributed by atoms with Gasteiger partial charge in [0.1, 0.15) is 0 Å². The van der Waals surface area contributed by atoms with E-state index < -0.39 is 0 Å². The van der Waals surface area contributed by atoms with Crippen LogP contribution in [0.3, 0.4) is 0 Å². The Bertz CT molecular complexity index is 410. The van der Waals surface area contributed by atoms with Crippen LogP contribution in [0.1, 0.15) is 27.7 Å². The van der Waals surface area contributed by atoms with Gasteiger partial charge in [-0.05, 0) is 52.0 Å². The highest BCUT2D eigenvalue weighted by atomic mass is 16.2. The molecule has 20 heavy (non-hydrogen) atoms. The fourth-order valence-corrected chi connectivity index (χ4v) is 1.97. The zero-order valence-electron chi connectivity index (χ0n) is 13.3. The van der Waals surface area contributed by atoms with Crippen LogP contribution in [0.15, 0.2) is 24.3 Å². The van der Waals surface area contributed by atoms with E-state index in [2.05, 4.69) is 36.2 Å². The average molecular weight is 277 g/mol. The van der Waals surface area contributed by atoms with Crippen LogP contribution in [0, 0.1) is 0 Å². The third kappa shape index (κ3) is 4.44. The number of hydrogen-bond donors (Lipinski definition) is 1. The molecule has 0 radical (unpaired) electrons. The number of nitrogens with one attached hydrogen (secondary N) is 1. The molecule has 0 atom stereocenters. The highest BCUT2D eigenvalue weighted by molar-refractivity contribution is 5.80. The van der Waals surface area contributed by atoms with Crippen LogP contribution in [0.4, 0.5) is 11.4 Å². The Morgan fingerprint density at radius 3 is 2.15 bits per heavy atom. The molecule has 0 unspecified atom stereocenters. The Labute approximate surface area is 122 Å². The quantitative estimate of drug-likeness (QED) is 0.832. The summed E-state index contributed by atoms with van der Waals surface area (Å²) in [5, 5.41) is 3.17. The van der Waals surface area contributed by atoms with Crippen molar-refractivity contribution >= 4 is 17.3 Å². The summed E-state index contributed by atoms with van der Waals surface area (Å²) in [6.07, 6.45) is 0. The zero-order chi connectivity index (χ0) is 15.1. The maximum atomic E-state index is 11.9. The molecule has 0 aliphatic heterocycles. The summed E-state index contributed by atoms with van der Waals surface area (Å²) in [6.45, 7) is 10.7. The van der Waals surface area contributed by atoms with E-state index in [0.717, 1.165) is 18.8 Å². The summed E-state index contributed by atoms with van der Waals surface area (Å²) in [4.78, 5) is 15.9. The van der Waals surface area contributed by atoms with E-state index in [4.69, 9.17) is 0 Å². The minimum Gasteiger partial charge on any atom is -0.376 e. The van der Waals surface area contributed by atoms with Gasteiger partial charge in [-0.3, -0.25) is 4.79 Å². The zero-order valence-corrected chi connectivity index (χ0v) is 13.3. The molecule has 0 spiro atoms. The maximum absolute atomic E-state index is 11.9. The van der Waals surface area contributed by atoms with Crippen LogP contribution in [-0.2, 0) is 4.79 Å². The van der Waals surface area contributed by atoms with E-state index in [-0.39, 0.29) is 11.9 Å². The highest BCUT2D eigenvalue weighted by Gasteiger charge is 2.11. The molecule has 0 aliphatic carbocycles. The first-order valence-electron chi connectivity index (χ1n) is 7.34. The number of hydrogen-bond acceptors (Lipinski definition) is 3. The number of benzene rings is 1. The lowest BCUT2D eigenvalue weighted by Gasteiger charge is -2.22. The third-order valence-corrected chi connectivity index (χ3v) is 3.61. The summed E-state index contributed by atoms with van der Waals surface area (Å²) >= 11 is 0. The van der Waals surface area contributed by atoms with Crippen molar-refractivity contribution in [2.24, 2.45) is 0 Å². The minimum absolute atomic E-state index is 0.104. The molecule has 1 aromatic rings. The molecule has 1 rings (SSSR count). The standard InChI is InChI=1S/C16H27N3O/c1-6-19(7-2)15-10-8-14(9-11-15)17-12-16(20)18(5)13(3)4/h8-11,13,17H,6-7,12H2,1-5H3. The monoisotopic (exact) mass is 277 g/mol. The van der Waals surface area contributed by atoms with Crippen molar-refractivity contribution in [2.45, 2.75) is 33.7 Å². The van der Waals surface area contributed by atoms with Gasteiger partial charge < -0.3 is 15.1 Å². The molecule has 0 heterocycles. The molecule has 4 heteroatoms. The normalized spacial score (nSPS) is 10.5. The summed E-state index contributed by atoms with van der Waals surface area (Å²) < 4.78 is 0. The van der Waals surface area contributed by atoms with Gasteiger partial charge >= 0.3 is 0 Å². The van der Waals surface area contributed by atoms with Crippen molar-refractivity contribution < 1.29 is 4.79 Å². The predicted octanol–water partition coefficient (Wildman–Crippen LogP) is 2.81. The molecule has 4 nitrogen and oxygen atoms in total. The molecule has 1 N–H and O–H groups in total. The molecule has 0 aliphatic rings. The van der Waals surface area contributed by atoms with Crippen molar-refractivity contribution in [2.75, 3.05) is 36.9 Å². The Morgan fingerprint density at radius 2 is 1.70 bits per heavy atom. The Morgan fingerprint density at radius 1 is 1.15 bits per heavy atom. The largest absolute Gasteiger partial charge is 0.376 e. The number of rotatable bonds is 7. The lowest BCUT2D eigenvalue weighted by molar-refractivity contribution is -0.129. The number of nitrogens with zero attached hydrogens (tertiary/aromatic N) is 2. The predicted molar refractivity (Wildman–Crippen MR) is 86.4 cm³/mol. The van der Waals surface area contributed by atoms with Crippen molar-refractivity contribution in [3.05, 3.63) is 24.3 Å². The number of carbonyl (C=O) groups excluding carboxylic acids is 1. The van der Waals surface area contributed by atoms with Crippen LogP contribution in [-0.4, -0.2) is 43.5 Å². The molecule has 0 bridgehead atoms. The maximum Gasteiger partial charge on any atom is 0.241 e. The fraction of sp³-hybridized carbons (Fsp3) is 0.562. The molecule has 1 aromatic carbocycles. The average Bonchev–Trinajstić information content (AvgIpc) is 2.46. The van der Waals surface area contributed by atoms with Gasteiger partial charge in [0.25, 0.3) is 0 Å². The van der Waals surface area contributed by atoms with Crippen LogP contribution < -0.4 is 10.2 Å². The van der Waals surface area contributed by atoms with E-state index >= 15 is 0 Å². The molecule has 112 valence electrons. The van der Waals surface area contributed by atoms with Crippen molar-refractivity contribution in [1.82, 2.24) is 4.90 Å². The van der Waals surface area contributed by atoms with Gasteiger partial charge in [0, 0.05) is 37.6 Å². The fourth-order valence-electron chi connectivity index (χ4n) is 1.97. The van der Waals surface area contributed by atoms with Crippen LogP contribution >= 0.6 is 0 Å². The van der Waals surface area contributed by atoms with Crippen LogP contribution in [0.5, 0.6) is 0 Å². The van der Waals surface area contributed by atoms with Gasteiger partial charge in [0.15, 0.2) is 0 Å². The second-order valence-corrected chi connectivity index (χ2v) is 5.17. The summed E-state index contributed by atoms with van der Waals surface area (Å²) in [5.41, 5.74) is 2.19. The molecule has 0 saturated heterocycles. The van der Waals surface area contributed by atoms with Gasteiger partial charge in [-0.15, -0.1) is 0 Å². The van der Waals surface area contributed by atoms with E-state index in [0.29, 0.717) is 6.54 Å². The number of carbonyl (C=O) groups is 1.